The number of ether oxygens (including phenoxy) is 1. The molecule has 2 unspecified atom stereocenters. The van der Waals surface area contributed by atoms with Crippen molar-refractivity contribution < 1.29 is 9.13 Å². The second-order valence-electron chi connectivity index (χ2n) is 7.32. The Kier molecular flexibility index (Phi) is 11.0. The summed E-state index contributed by atoms with van der Waals surface area (Å²) >= 11 is 0. The van der Waals surface area contributed by atoms with Crippen LogP contribution in [0.3, 0.4) is 0 Å². The van der Waals surface area contributed by atoms with Crippen molar-refractivity contribution in [2.75, 3.05) is 33.2 Å². The third-order valence-corrected chi connectivity index (χ3v) is 4.75. The third kappa shape index (κ3) is 8.64. The largest absolute Gasteiger partial charge is 0.489 e. The zero-order chi connectivity index (χ0) is 18.9. The number of hydrogen-bond acceptors (Lipinski definition) is 3. The first-order chi connectivity index (χ1) is 12.5. The molecule has 1 aromatic carbocycles. The normalized spacial score (nSPS) is 19.3. The molecule has 0 aromatic heterocycles. The van der Waals surface area contributed by atoms with Crippen LogP contribution >= 0.6 is 24.0 Å². The zero-order valence-corrected chi connectivity index (χ0v) is 19.2. The van der Waals surface area contributed by atoms with Crippen LogP contribution in [0.5, 0.6) is 5.75 Å². The van der Waals surface area contributed by atoms with E-state index in [0.29, 0.717) is 24.3 Å². The van der Waals surface area contributed by atoms with Crippen molar-refractivity contribution in [2.24, 2.45) is 10.9 Å². The van der Waals surface area contributed by atoms with Gasteiger partial charge in [-0.3, -0.25) is 4.99 Å². The van der Waals surface area contributed by atoms with Crippen molar-refractivity contribution in [1.29, 1.82) is 0 Å². The summed E-state index contributed by atoms with van der Waals surface area (Å²) in [6.07, 6.45) is 2.42. The highest BCUT2D eigenvalue weighted by Gasteiger charge is 2.21. The Morgan fingerprint density at radius 1 is 1.33 bits per heavy atom. The molecule has 7 heteroatoms. The predicted octanol–water partition coefficient (Wildman–Crippen LogP) is 3.50. The zero-order valence-electron chi connectivity index (χ0n) is 16.9. The van der Waals surface area contributed by atoms with Crippen molar-refractivity contribution in [2.45, 2.75) is 45.8 Å². The van der Waals surface area contributed by atoms with Gasteiger partial charge in [0.1, 0.15) is 17.7 Å². The summed E-state index contributed by atoms with van der Waals surface area (Å²) in [6, 6.07) is 6.82. The van der Waals surface area contributed by atoms with Gasteiger partial charge >= 0.3 is 0 Å². The van der Waals surface area contributed by atoms with Crippen LogP contribution in [0, 0.1) is 11.7 Å². The van der Waals surface area contributed by atoms with Gasteiger partial charge in [-0.25, -0.2) is 4.39 Å². The second-order valence-corrected chi connectivity index (χ2v) is 7.32. The lowest BCUT2D eigenvalue weighted by Crippen LogP contribution is -2.47. The molecule has 0 amide bonds. The highest BCUT2D eigenvalue weighted by atomic mass is 127. The number of guanidine groups is 1. The minimum atomic E-state index is -0.289. The summed E-state index contributed by atoms with van der Waals surface area (Å²) in [5.74, 6) is 1.67. The molecule has 1 aliphatic rings. The van der Waals surface area contributed by atoms with Crippen LogP contribution < -0.4 is 15.4 Å². The van der Waals surface area contributed by atoms with Gasteiger partial charge in [-0.15, -0.1) is 24.0 Å². The average Bonchev–Trinajstić information content (AvgIpc) is 2.62. The molecule has 154 valence electrons. The van der Waals surface area contributed by atoms with Crippen LogP contribution in [0.4, 0.5) is 4.39 Å². The Morgan fingerprint density at radius 2 is 2.11 bits per heavy atom. The van der Waals surface area contributed by atoms with Gasteiger partial charge in [0.25, 0.3) is 0 Å². The smallest absolute Gasteiger partial charge is 0.191 e. The molecule has 1 aliphatic heterocycles. The van der Waals surface area contributed by atoms with Crippen molar-refractivity contribution in [3.63, 3.8) is 0 Å². The Labute approximate surface area is 180 Å². The maximum Gasteiger partial charge on any atom is 0.191 e. The fourth-order valence-corrected chi connectivity index (χ4v) is 3.25. The van der Waals surface area contributed by atoms with Crippen molar-refractivity contribution in [1.82, 2.24) is 15.5 Å². The molecule has 1 aromatic rings. The number of piperidine rings is 1. The molecular formula is C20H34FIN4O. The number of halogens is 2. The number of nitrogens with zero attached hydrogens (tertiary/aromatic N) is 2. The SMILES string of the molecule is CN=C(NCC1CCCN(C(C)C)C1)NCC(C)Oc1cccc(F)c1.I. The molecule has 2 N–H and O–H groups in total. The number of nitrogens with one attached hydrogen (secondary N) is 2. The van der Waals surface area contributed by atoms with Crippen molar-refractivity contribution >= 4 is 29.9 Å². The maximum atomic E-state index is 13.2. The van der Waals surface area contributed by atoms with Crippen LogP contribution in [-0.4, -0.2) is 56.2 Å². The number of aliphatic imine (C=N–C) groups is 1. The first-order valence-electron chi connectivity index (χ1n) is 9.58. The minimum Gasteiger partial charge on any atom is -0.489 e. The molecule has 2 atom stereocenters. The molecule has 5 nitrogen and oxygen atoms in total. The van der Waals surface area contributed by atoms with Gasteiger partial charge < -0.3 is 20.3 Å². The van der Waals surface area contributed by atoms with E-state index < -0.39 is 0 Å². The van der Waals surface area contributed by atoms with Gasteiger partial charge in [0.15, 0.2) is 5.96 Å². The van der Waals surface area contributed by atoms with Gasteiger partial charge in [0.2, 0.25) is 0 Å². The molecule has 1 heterocycles. The van der Waals surface area contributed by atoms with Crippen LogP contribution in [0.25, 0.3) is 0 Å². The Bertz CT molecular complexity index is 585. The fraction of sp³-hybridized carbons (Fsp3) is 0.650. The lowest BCUT2D eigenvalue weighted by molar-refractivity contribution is 0.141. The van der Waals surface area contributed by atoms with Crippen molar-refractivity contribution in [3.05, 3.63) is 30.1 Å². The van der Waals surface area contributed by atoms with E-state index in [1.165, 1.54) is 31.5 Å². The van der Waals surface area contributed by atoms with Crippen LogP contribution in [0.2, 0.25) is 0 Å². The molecule has 1 saturated heterocycles. The lowest BCUT2D eigenvalue weighted by atomic mass is 9.97. The fourth-order valence-electron chi connectivity index (χ4n) is 3.25. The molecular weight excluding hydrogens is 458 g/mol. The van der Waals surface area contributed by atoms with Gasteiger partial charge in [0, 0.05) is 32.2 Å². The standard InChI is InChI=1S/C20H33FN4O.HI/c1-15(2)25-10-6-7-17(14-25)13-24-20(22-4)23-12-16(3)26-19-9-5-8-18(21)11-19;/h5,8-9,11,15-17H,6-7,10,12-14H2,1-4H3,(H2,22,23,24);1H. The molecule has 0 aliphatic carbocycles. The van der Waals surface area contributed by atoms with Crippen LogP contribution in [0.15, 0.2) is 29.3 Å². The quantitative estimate of drug-likeness (QED) is 0.348. The minimum absolute atomic E-state index is 0. The molecule has 0 spiro atoms. The van der Waals surface area contributed by atoms with Crippen molar-refractivity contribution in [3.8, 4) is 5.75 Å². The Hall–Kier alpha value is -1.09. The van der Waals surface area contributed by atoms with Gasteiger partial charge in [-0.05, 0) is 58.2 Å². The molecule has 0 bridgehead atoms. The second kappa shape index (κ2) is 12.4. The van der Waals surface area contributed by atoms with E-state index in [9.17, 15) is 4.39 Å². The van der Waals surface area contributed by atoms with E-state index in [1.54, 1.807) is 19.2 Å². The van der Waals surface area contributed by atoms with Gasteiger partial charge in [-0.2, -0.15) is 0 Å². The molecule has 0 radical (unpaired) electrons. The van der Waals surface area contributed by atoms with E-state index in [4.69, 9.17) is 4.74 Å². The summed E-state index contributed by atoms with van der Waals surface area (Å²) in [5.41, 5.74) is 0. The van der Waals surface area contributed by atoms with Crippen LogP contribution in [0.1, 0.15) is 33.6 Å². The molecule has 2 rings (SSSR count). The van der Waals surface area contributed by atoms with E-state index in [-0.39, 0.29) is 35.9 Å². The Morgan fingerprint density at radius 3 is 2.78 bits per heavy atom. The highest BCUT2D eigenvalue weighted by Crippen LogP contribution is 2.17. The Balaban J connectivity index is 0.00000364. The number of likely N-dealkylation sites (tertiary alicyclic amines) is 1. The summed E-state index contributed by atoms with van der Waals surface area (Å²) in [7, 11) is 1.77. The topological polar surface area (TPSA) is 48.9 Å². The number of rotatable bonds is 7. The highest BCUT2D eigenvalue weighted by molar-refractivity contribution is 14.0. The monoisotopic (exact) mass is 492 g/mol. The first kappa shape index (κ1) is 23.9. The number of benzene rings is 1. The predicted molar refractivity (Wildman–Crippen MR) is 121 cm³/mol. The third-order valence-electron chi connectivity index (χ3n) is 4.75. The molecule has 1 fully saturated rings. The van der Waals surface area contributed by atoms with E-state index >= 15 is 0 Å². The summed E-state index contributed by atoms with van der Waals surface area (Å²) in [4.78, 5) is 6.83. The van der Waals surface area contributed by atoms with E-state index in [2.05, 4.69) is 34.4 Å². The summed E-state index contributed by atoms with van der Waals surface area (Å²) < 4.78 is 18.9. The van der Waals surface area contributed by atoms with Gasteiger partial charge in [-0.1, -0.05) is 6.07 Å². The lowest BCUT2D eigenvalue weighted by Gasteiger charge is -2.35. The maximum absolute atomic E-state index is 13.2. The average molecular weight is 492 g/mol. The van der Waals surface area contributed by atoms with E-state index in [1.807, 2.05) is 6.92 Å². The van der Waals surface area contributed by atoms with Crippen LogP contribution in [-0.2, 0) is 0 Å². The molecule has 27 heavy (non-hydrogen) atoms. The molecule has 0 saturated carbocycles. The van der Waals surface area contributed by atoms with E-state index in [0.717, 1.165) is 19.0 Å². The van der Waals surface area contributed by atoms with Gasteiger partial charge in [0.05, 0.1) is 6.54 Å². The first-order valence-corrected chi connectivity index (χ1v) is 9.58. The number of hydrogen-bond donors (Lipinski definition) is 2. The summed E-state index contributed by atoms with van der Waals surface area (Å²) in [6.45, 7) is 10.3. The summed E-state index contributed by atoms with van der Waals surface area (Å²) in [5, 5.41) is 6.71.